The molecule has 2 bridgehead atoms. The van der Waals surface area contributed by atoms with Crippen LogP contribution in [0.3, 0.4) is 0 Å². The van der Waals surface area contributed by atoms with Gasteiger partial charge < -0.3 is 15.3 Å². The summed E-state index contributed by atoms with van der Waals surface area (Å²) in [7, 11) is 0. The van der Waals surface area contributed by atoms with Crippen molar-refractivity contribution in [2.75, 3.05) is 18.0 Å². The molecular formula is C12H14N2O2. The molecule has 16 heavy (non-hydrogen) atoms. The topological polar surface area (TPSA) is 52.6 Å². The summed E-state index contributed by atoms with van der Waals surface area (Å²) in [5.41, 5.74) is 1.39. The molecule has 3 aliphatic heterocycles. The average Bonchev–Trinajstić information content (AvgIpc) is 2.28. The zero-order valence-electron chi connectivity index (χ0n) is 8.89. The fourth-order valence-electron chi connectivity index (χ4n) is 2.56. The maximum atomic E-state index is 10.9. The molecule has 0 spiro atoms. The summed E-state index contributed by atoms with van der Waals surface area (Å²) >= 11 is 0. The second-order valence-corrected chi connectivity index (χ2v) is 4.56. The maximum absolute atomic E-state index is 10.9. The molecule has 4 nitrogen and oxygen atoms in total. The third-order valence-electron chi connectivity index (χ3n) is 3.38. The first kappa shape index (κ1) is 9.66. The molecule has 4 heteroatoms. The number of carboxylic acid groups (broad SMARTS) is 1. The van der Waals surface area contributed by atoms with Crippen LogP contribution >= 0.6 is 0 Å². The van der Waals surface area contributed by atoms with Crippen molar-refractivity contribution in [1.29, 1.82) is 0 Å². The Kier molecular flexibility index (Phi) is 2.11. The molecule has 3 heterocycles. The molecular weight excluding hydrogens is 204 g/mol. The van der Waals surface area contributed by atoms with Gasteiger partial charge in [-0.3, -0.25) is 0 Å². The first-order valence-corrected chi connectivity index (χ1v) is 5.57. The summed E-state index contributed by atoms with van der Waals surface area (Å²) in [6, 6.07) is 8.37. The molecule has 0 aromatic heterocycles. The van der Waals surface area contributed by atoms with Gasteiger partial charge in [0.05, 0.1) is 5.56 Å². The number of anilines is 1. The lowest BCUT2D eigenvalue weighted by Gasteiger charge is -2.49. The summed E-state index contributed by atoms with van der Waals surface area (Å²) in [5.74, 6) is -0.859. The number of piperazine rings is 1. The highest BCUT2D eigenvalue weighted by Crippen LogP contribution is 2.26. The van der Waals surface area contributed by atoms with Gasteiger partial charge in [0.25, 0.3) is 0 Å². The largest absolute Gasteiger partial charge is 0.478 e. The Balaban J connectivity index is 1.83. The van der Waals surface area contributed by atoms with Crippen LogP contribution in [0.15, 0.2) is 24.3 Å². The average molecular weight is 218 g/mol. The Morgan fingerprint density at radius 1 is 1.38 bits per heavy atom. The SMILES string of the molecule is O=C(O)c1cccc(N2CC3CC(C2)N3)c1. The van der Waals surface area contributed by atoms with E-state index in [1.54, 1.807) is 12.1 Å². The van der Waals surface area contributed by atoms with Gasteiger partial charge in [-0.2, -0.15) is 0 Å². The highest BCUT2D eigenvalue weighted by molar-refractivity contribution is 5.88. The minimum atomic E-state index is -0.859. The first-order chi connectivity index (χ1) is 7.72. The Hall–Kier alpha value is -1.55. The predicted octanol–water partition coefficient (Wildman–Crippen LogP) is 0.935. The Labute approximate surface area is 93.9 Å². The Morgan fingerprint density at radius 3 is 2.69 bits per heavy atom. The molecule has 0 saturated carbocycles. The number of hydrogen-bond acceptors (Lipinski definition) is 3. The zero-order chi connectivity index (χ0) is 11.1. The second kappa shape index (κ2) is 3.49. The number of aromatic carboxylic acids is 1. The molecule has 1 aromatic rings. The summed E-state index contributed by atoms with van der Waals surface area (Å²) < 4.78 is 0. The Morgan fingerprint density at radius 2 is 2.06 bits per heavy atom. The quantitative estimate of drug-likeness (QED) is 0.775. The summed E-state index contributed by atoms with van der Waals surface area (Å²) in [5, 5.41) is 12.4. The summed E-state index contributed by atoms with van der Waals surface area (Å²) in [6.07, 6.45) is 1.26. The van der Waals surface area contributed by atoms with E-state index in [2.05, 4.69) is 10.2 Å². The van der Waals surface area contributed by atoms with Gasteiger partial charge in [-0.15, -0.1) is 0 Å². The van der Waals surface area contributed by atoms with Crippen LogP contribution < -0.4 is 10.2 Å². The van der Waals surface area contributed by atoms with Crippen molar-refractivity contribution in [1.82, 2.24) is 5.32 Å². The van der Waals surface area contributed by atoms with Crippen molar-refractivity contribution in [2.45, 2.75) is 18.5 Å². The molecule has 2 unspecified atom stereocenters. The van der Waals surface area contributed by atoms with Crippen LogP contribution in [0.5, 0.6) is 0 Å². The van der Waals surface area contributed by atoms with Crippen LogP contribution in [0.25, 0.3) is 0 Å². The monoisotopic (exact) mass is 218 g/mol. The fraction of sp³-hybridized carbons (Fsp3) is 0.417. The van der Waals surface area contributed by atoms with Crippen molar-refractivity contribution < 1.29 is 9.90 Å². The number of benzene rings is 1. The van der Waals surface area contributed by atoms with E-state index in [0.29, 0.717) is 17.6 Å². The molecule has 3 saturated heterocycles. The standard InChI is InChI=1S/C12H14N2O2/c15-12(16)8-2-1-3-11(4-8)14-6-9-5-10(7-14)13-9/h1-4,9-10,13H,5-7H2,(H,15,16). The van der Waals surface area contributed by atoms with Crippen molar-refractivity contribution in [3.05, 3.63) is 29.8 Å². The van der Waals surface area contributed by atoms with Crippen LogP contribution in [0.1, 0.15) is 16.8 Å². The van der Waals surface area contributed by atoms with Gasteiger partial charge in [-0.25, -0.2) is 4.79 Å². The van der Waals surface area contributed by atoms with E-state index in [0.717, 1.165) is 18.8 Å². The molecule has 84 valence electrons. The van der Waals surface area contributed by atoms with Crippen molar-refractivity contribution in [3.63, 3.8) is 0 Å². The fourth-order valence-corrected chi connectivity index (χ4v) is 2.56. The van der Waals surface area contributed by atoms with Crippen molar-refractivity contribution in [2.24, 2.45) is 0 Å². The van der Waals surface area contributed by atoms with Gasteiger partial charge in [0.1, 0.15) is 0 Å². The van der Waals surface area contributed by atoms with Crippen molar-refractivity contribution in [3.8, 4) is 0 Å². The van der Waals surface area contributed by atoms with E-state index in [9.17, 15) is 4.79 Å². The molecule has 2 N–H and O–H groups in total. The molecule has 4 rings (SSSR count). The molecule has 1 aromatic carbocycles. The number of nitrogens with zero attached hydrogens (tertiary/aromatic N) is 1. The third kappa shape index (κ3) is 1.55. The highest BCUT2D eigenvalue weighted by atomic mass is 16.4. The van der Waals surface area contributed by atoms with Gasteiger partial charge in [0.15, 0.2) is 0 Å². The normalized spacial score (nSPS) is 27.4. The van der Waals surface area contributed by atoms with Gasteiger partial charge in [0.2, 0.25) is 0 Å². The van der Waals surface area contributed by atoms with Crippen LogP contribution in [-0.4, -0.2) is 36.2 Å². The van der Waals surface area contributed by atoms with Gasteiger partial charge in [-0.05, 0) is 24.6 Å². The van der Waals surface area contributed by atoms with E-state index in [1.165, 1.54) is 6.42 Å². The minimum Gasteiger partial charge on any atom is -0.478 e. The maximum Gasteiger partial charge on any atom is 0.335 e. The van der Waals surface area contributed by atoms with E-state index in [1.807, 2.05) is 12.1 Å². The first-order valence-electron chi connectivity index (χ1n) is 5.57. The number of nitrogens with one attached hydrogen (secondary N) is 1. The lowest BCUT2D eigenvalue weighted by molar-refractivity contribution is 0.0697. The van der Waals surface area contributed by atoms with Crippen LogP contribution in [0.2, 0.25) is 0 Å². The van der Waals surface area contributed by atoms with Crippen molar-refractivity contribution >= 4 is 11.7 Å². The smallest absolute Gasteiger partial charge is 0.335 e. The molecule has 0 radical (unpaired) electrons. The number of fused-ring (bicyclic) bond motifs is 2. The molecule has 0 amide bonds. The lowest BCUT2D eigenvalue weighted by atomic mass is 9.91. The second-order valence-electron chi connectivity index (χ2n) is 4.56. The number of hydrogen-bond donors (Lipinski definition) is 2. The number of rotatable bonds is 2. The summed E-state index contributed by atoms with van der Waals surface area (Å²) in [6.45, 7) is 1.97. The molecule has 0 aliphatic carbocycles. The van der Waals surface area contributed by atoms with E-state index < -0.39 is 5.97 Å². The number of carboxylic acids is 1. The van der Waals surface area contributed by atoms with E-state index >= 15 is 0 Å². The molecule has 3 fully saturated rings. The van der Waals surface area contributed by atoms with E-state index in [4.69, 9.17) is 5.11 Å². The zero-order valence-corrected chi connectivity index (χ0v) is 8.89. The molecule has 2 atom stereocenters. The predicted molar refractivity (Wildman–Crippen MR) is 60.9 cm³/mol. The third-order valence-corrected chi connectivity index (χ3v) is 3.38. The number of piperidine rings is 1. The van der Waals surface area contributed by atoms with Crippen LogP contribution in [0.4, 0.5) is 5.69 Å². The summed E-state index contributed by atoms with van der Waals surface area (Å²) in [4.78, 5) is 13.1. The Bertz CT molecular complexity index is 417. The molecule has 3 aliphatic rings. The van der Waals surface area contributed by atoms with Crippen LogP contribution in [-0.2, 0) is 0 Å². The van der Waals surface area contributed by atoms with Gasteiger partial charge in [0, 0.05) is 30.9 Å². The van der Waals surface area contributed by atoms with Gasteiger partial charge in [-0.1, -0.05) is 6.07 Å². The number of carbonyl (C=O) groups is 1. The van der Waals surface area contributed by atoms with E-state index in [-0.39, 0.29) is 0 Å². The lowest BCUT2D eigenvalue weighted by Crippen LogP contribution is -2.67. The highest BCUT2D eigenvalue weighted by Gasteiger charge is 2.36. The van der Waals surface area contributed by atoms with Gasteiger partial charge >= 0.3 is 5.97 Å². The minimum absolute atomic E-state index is 0.365. The van der Waals surface area contributed by atoms with Crippen LogP contribution in [0, 0.1) is 0 Å².